The van der Waals surface area contributed by atoms with E-state index in [1.54, 1.807) is 6.92 Å². The fraction of sp³-hybridized carbons (Fsp3) is 0.250. The third kappa shape index (κ3) is 5.08. The maximum atomic E-state index is 10.6. The Bertz CT molecular complexity index is 192. The average Bonchev–Trinajstić information content (AvgIpc) is 2.01. The van der Waals surface area contributed by atoms with Crippen LogP contribution in [0.3, 0.4) is 0 Å². The minimum atomic E-state index is -0.511. The normalized spacial score (nSPS) is 9.55. The van der Waals surface area contributed by atoms with Gasteiger partial charge in [0, 0.05) is 6.08 Å². The van der Waals surface area contributed by atoms with E-state index in [4.69, 9.17) is 0 Å². The molecule has 0 aromatic rings. The summed E-state index contributed by atoms with van der Waals surface area (Å²) in [4.78, 5) is 21.1. The lowest BCUT2D eigenvalue weighted by Crippen LogP contribution is -1.99. The summed E-state index contributed by atoms with van der Waals surface area (Å²) in [6, 6.07) is 0. The van der Waals surface area contributed by atoms with E-state index in [9.17, 15) is 9.59 Å². The van der Waals surface area contributed by atoms with Crippen molar-refractivity contribution in [3.63, 3.8) is 0 Å². The van der Waals surface area contributed by atoms with Gasteiger partial charge in [0.2, 0.25) is 0 Å². The number of hydrogen-bond acceptors (Lipinski definition) is 3. The Morgan fingerprint density at radius 3 is 2.55 bits per heavy atom. The molecule has 0 saturated heterocycles. The molecule has 0 saturated carbocycles. The minimum absolute atomic E-state index is 0.307. The molecule has 0 radical (unpaired) electrons. The monoisotopic (exact) mass is 154 g/mol. The molecular weight excluding hydrogens is 144 g/mol. The molecule has 11 heavy (non-hydrogen) atoms. The van der Waals surface area contributed by atoms with Gasteiger partial charge in [0.05, 0.1) is 6.61 Å². The van der Waals surface area contributed by atoms with Crippen LogP contribution < -0.4 is 0 Å². The van der Waals surface area contributed by atoms with E-state index in [-0.39, 0.29) is 5.78 Å². The number of esters is 1. The van der Waals surface area contributed by atoms with Gasteiger partial charge in [0.15, 0.2) is 5.78 Å². The average molecular weight is 154 g/mol. The molecule has 3 nitrogen and oxygen atoms in total. The zero-order chi connectivity index (χ0) is 8.69. The van der Waals surface area contributed by atoms with Gasteiger partial charge in [-0.2, -0.15) is 0 Å². The van der Waals surface area contributed by atoms with Crippen molar-refractivity contribution in [1.82, 2.24) is 0 Å². The molecule has 0 aliphatic heterocycles. The Labute approximate surface area is 65.4 Å². The molecule has 0 aromatic heterocycles. The van der Waals surface area contributed by atoms with Gasteiger partial charge in [0.1, 0.15) is 0 Å². The lowest BCUT2D eigenvalue weighted by molar-refractivity contribution is -0.137. The van der Waals surface area contributed by atoms with Crippen LogP contribution in [0.15, 0.2) is 24.8 Å². The lowest BCUT2D eigenvalue weighted by atomic mass is 10.3. The van der Waals surface area contributed by atoms with Crippen LogP contribution in [0, 0.1) is 0 Å². The van der Waals surface area contributed by atoms with Crippen molar-refractivity contribution in [2.75, 3.05) is 6.61 Å². The van der Waals surface area contributed by atoms with Gasteiger partial charge < -0.3 is 4.74 Å². The van der Waals surface area contributed by atoms with Gasteiger partial charge in [-0.25, -0.2) is 4.79 Å². The van der Waals surface area contributed by atoms with Gasteiger partial charge >= 0.3 is 5.97 Å². The zero-order valence-electron chi connectivity index (χ0n) is 6.37. The Morgan fingerprint density at radius 1 is 1.45 bits per heavy atom. The molecule has 0 unspecified atom stereocenters. The van der Waals surface area contributed by atoms with Gasteiger partial charge in [0.25, 0.3) is 0 Å². The molecule has 0 atom stereocenters. The predicted molar refractivity (Wildman–Crippen MR) is 41.0 cm³/mol. The highest BCUT2D eigenvalue weighted by molar-refractivity contribution is 6.02. The van der Waals surface area contributed by atoms with Gasteiger partial charge in [-0.1, -0.05) is 6.58 Å². The third-order valence-electron chi connectivity index (χ3n) is 0.871. The molecule has 0 N–H and O–H groups in total. The van der Waals surface area contributed by atoms with Crippen molar-refractivity contribution >= 4 is 11.8 Å². The number of hydrogen-bond donors (Lipinski definition) is 0. The van der Waals surface area contributed by atoms with Crippen LogP contribution in [0.4, 0.5) is 0 Å². The van der Waals surface area contributed by atoms with Crippen molar-refractivity contribution in [2.45, 2.75) is 6.92 Å². The van der Waals surface area contributed by atoms with Crippen LogP contribution >= 0.6 is 0 Å². The van der Waals surface area contributed by atoms with E-state index in [0.717, 1.165) is 18.2 Å². The molecule has 0 spiro atoms. The second kappa shape index (κ2) is 5.41. The first-order chi connectivity index (χ1) is 5.20. The van der Waals surface area contributed by atoms with E-state index < -0.39 is 5.97 Å². The number of carbonyl (C=O) groups excluding carboxylic acids is 2. The first-order valence-corrected chi connectivity index (χ1v) is 3.22. The summed E-state index contributed by atoms with van der Waals surface area (Å²) >= 11 is 0. The number of ketones is 1. The van der Waals surface area contributed by atoms with Crippen molar-refractivity contribution in [2.24, 2.45) is 0 Å². The summed E-state index contributed by atoms with van der Waals surface area (Å²) in [6.45, 7) is 5.24. The molecule has 0 aliphatic rings. The second-order valence-corrected chi connectivity index (χ2v) is 1.69. The standard InChI is InChI=1S/C8H10O3/c1-3-7(9)5-6-8(10)11-4-2/h3,5-6H,1,4H2,2H3. The highest BCUT2D eigenvalue weighted by atomic mass is 16.5. The number of ether oxygens (including phenoxy) is 1. The first-order valence-electron chi connectivity index (χ1n) is 3.22. The smallest absolute Gasteiger partial charge is 0.330 e. The molecule has 0 fully saturated rings. The Kier molecular flexibility index (Phi) is 4.73. The topological polar surface area (TPSA) is 43.4 Å². The van der Waals surface area contributed by atoms with Crippen LogP contribution in [-0.2, 0) is 14.3 Å². The molecule has 0 heterocycles. The fourth-order valence-corrected chi connectivity index (χ4v) is 0.409. The van der Waals surface area contributed by atoms with Crippen molar-refractivity contribution in [3.05, 3.63) is 24.8 Å². The minimum Gasteiger partial charge on any atom is -0.463 e. The summed E-state index contributed by atoms with van der Waals surface area (Å²) in [7, 11) is 0. The molecule has 0 bridgehead atoms. The molecule has 0 aromatic carbocycles. The maximum absolute atomic E-state index is 10.6. The molecule has 0 aliphatic carbocycles. The van der Waals surface area contributed by atoms with Crippen LogP contribution in [-0.4, -0.2) is 18.4 Å². The van der Waals surface area contributed by atoms with Crippen molar-refractivity contribution in [1.29, 1.82) is 0 Å². The van der Waals surface area contributed by atoms with Crippen molar-refractivity contribution < 1.29 is 14.3 Å². The largest absolute Gasteiger partial charge is 0.463 e. The van der Waals surface area contributed by atoms with Crippen LogP contribution in [0.5, 0.6) is 0 Å². The highest BCUT2D eigenvalue weighted by Crippen LogP contribution is 1.82. The molecule has 0 rings (SSSR count). The lowest BCUT2D eigenvalue weighted by Gasteiger charge is -1.92. The first kappa shape index (κ1) is 9.62. The van der Waals surface area contributed by atoms with Crippen LogP contribution in [0.25, 0.3) is 0 Å². The van der Waals surface area contributed by atoms with E-state index in [0.29, 0.717) is 6.61 Å². The molecule has 60 valence electrons. The summed E-state index contributed by atoms with van der Waals surface area (Å²) in [5, 5.41) is 0. The predicted octanol–water partition coefficient (Wildman–Crippen LogP) is 0.861. The highest BCUT2D eigenvalue weighted by Gasteiger charge is 1.93. The summed E-state index contributed by atoms with van der Waals surface area (Å²) in [6.07, 6.45) is 3.31. The molecule has 0 amide bonds. The SMILES string of the molecule is C=CC(=O)C=CC(=O)OCC. The van der Waals surface area contributed by atoms with Gasteiger partial charge in [-0.3, -0.25) is 4.79 Å². The summed E-state index contributed by atoms with van der Waals surface area (Å²) < 4.78 is 4.52. The Hall–Kier alpha value is -1.38. The number of carbonyl (C=O) groups is 2. The Morgan fingerprint density at radius 2 is 2.09 bits per heavy atom. The van der Waals surface area contributed by atoms with Crippen LogP contribution in [0.2, 0.25) is 0 Å². The number of allylic oxidation sites excluding steroid dienone is 2. The van der Waals surface area contributed by atoms with Gasteiger partial charge in [-0.15, -0.1) is 0 Å². The number of rotatable bonds is 4. The molecular formula is C8H10O3. The zero-order valence-corrected chi connectivity index (χ0v) is 6.37. The van der Waals surface area contributed by atoms with E-state index in [1.807, 2.05) is 0 Å². The third-order valence-corrected chi connectivity index (χ3v) is 0.871. The van der Waals surface area contributed by atoms with Gasteiger partial charge in [-0.05, 0) is 19.1 Å². The van der Waals surface area contributed by atoms with Crippen LogP contribution in [0.1, 0.15) is 6.92 Å². The Balaban J connectivity index is 3.82. The van der Waals surface area contributed by atoms with E-state index in [1.165, 1.54) is 0 Å². The van der Waals surface area contributed by atoms with E-state index in [2.05, 4.69) is 11.3 Å². The fourth-order valence-electron chi connectivity index (χ4n) is 0.409. The summed E-state index contributed by atoms with van der Waals surface area (Å²) in [5.41, 5.74) is 0. The van der Waals surface area contributed by atoms with Crippen molar-refractivity contribution in [3.8, 4) is 0 Å². The van der Waals surface area contributed by atoms with E-state index >= 15 is 0 Å². The molecule has 3 heteroatoms. The summed E-state index contributed by atoms with van der Waals surface area (Å²) in [5.74, 6) is -0.819. The quantitative estimate of drug-likeness (QED) is 0.445. The maximum Gasteiger partial charge on any atom is 0.330 e. The second-order valence-electron chi connectivity index (χ2n) is 1.69.